The molecule has 0 bridgehead atoms. The monoisotopic (exact) mass is 229 g/mol. The molecule has 1 aliphatic rings. The highest BCUT2D eigenvalue weighted by molar-refractivity contribution is 7.09. The van der Waals surface area contributed by atoms with Crippen molar-refractivity contribution in [2.24, 2.45) is 0 Å². The normalized spacial score (nSPS) is 18.6. The zero-order chi connectivity index (χ0) is 10.8. The minimum atomic E-state index is 0.554. The molecule has 16 heavy (non-hydrogen) atoms. The Hall–Kier alpha value is -1.12. The Kier molecular flexibility index (Phi) is 2.77. The molecule has 0 aliphatic carbocycles. The second-order valence-electron chi connectivity index (χ2n) is 4.25. The Labute approximate surface area is 100 Å². The maximum Gasteiger partial charge on any atom is 0.0329 e. The van der Waals surface area contributed by atoms with Crippen LogP contribution in [0.25, 0.3) is 0 Å². The van der Waals surface area contributed by atoms with Crippen LogP contribution >= 0.6 is 11.3 Å². The van der Waals surface area contributed by atoms with Crippen LogP contribution in [0.1, 0.15) is 28.5 Å². The first-order valence-electron chi connectivity index (χ1n) is 5.77. The minimum absolute atomic E-state index is 0.554. The molecule has 1 aliphatic heterocycles. The van der Waals surface area contributed by atoms with Crippen LogP contribution in [-0.4, -0.2) is 0 Å². The van der Waals surface area contributed by atoms with E-state index in [0.717, 1.165) is 6.54 Å². The van der Waals surface area contributed by atoms with E-state index in [-0.39, 0.29) is 0 Å². The average Bonchev–Trinajstić information content (AvgIpc) is 2.96. The zero-order valence-corrected chi connectivity index (χ0v) is 9.96. The Morgan fingerprint density at radius 3 is 3.00 bits per heavy atom. The van der Waals surface area contributed by atoms with Crippen molar-refractivity contribution < 1.29 is 0 Å². The first kappa shape index (κ1) is 10.1. The summed E-state index contributed by atoms with van der Waals surface area (Å²) in [6.07, 6.45) is 2.39. The molecular formula is C14H15NS. The fourth-order valence-electron chi connectivity index (χ4n) is 2.38. The summed E-state index contributed by atoms with van der Waals surface area (Å²) in [5.74, 6) is 0. The van der Waals surface area contributed by atoms with Crippen molar-refractivity contribution >= 4 is 11.3 Å². The predicted octanol–water partition coefficient (Wildman–Crippen LogP) is 3.53. The van der Waals surface area contributed by atoms with Crippen LogP contribution in [0.2, 0.25) is 0 Å². The molecule has 0 saturated carbocycles. The quantitative estimate of drug-likeness (QED) is 0.849. The lowest BCUT2D eigenvalue weighted by Crippen LogP contribution is -2.12. The van der Waals surface area contributed by atoms with Crippen LogP contribution in [0.15, 0.2) is 41.8 Å². The Morgan fingerprint density at radius 1 is 1.19 bits per heavy atom. The van der Waals surface area contributed by atoms with Crippen molar-refractivity contribution in [3.8, 4) is 0 Å². The number of hydrogen-bond acceptors (Lipinski definition) is 2. The molecule has 1 N–H and O–H groups in total. The van der Waals surface area contributed by atoms with Crippen molar-refractivity contribution in [3.05, 3.63) is 57.8 Å². The van der Waals surface area contributed by atoms with Crippen molar-refractivity contribution in [3.63, 3.8) is 0 Å². The van der Waals surface area contributed by atoms with E-state index in [4.69, 9.17) is 0 Å². The van der Waals surface area contributed by atoms with Gasteiger partial charge in [-0.3, -0.25) is 0 Å². The number of nitrogens with one attached hydrogen (secondary N) is 1. The van der Waals surface area contributed by atoms with Gasteiger partial charge in [-0.1, -0.05) is 30.3 Å². The summed E-state index contributed by atoms with van der Waals surface area (Å²) in [5, 5.41) is 5.75. The molecule has 0 amide bonds. The number of rotatable bonds is 3. The predicted molar refractivity (Wildman–Crippen MR) is 68.7 cm³/mol. The summed E-state index contributed by atoms with van der Waals surface area (Å²) in [5.41, 5.74) is 2.97. The molecule has 2 heterocycles. The van der Waals surface area contributed by atoms with E-state index in [1.807, 2.05) is 11.3 Å². The standard InChI is InChI=1S/C14H15NS/c1-2-6-13-11(4-1)10-15-14(13)8-7-12-5-3-9-16-12/h1-6,9,14-15H,7-8,10H2. The highest BCUT2D eigenvalue weighted by atomic mass is 32.1. The Bertz CT molecular complexity index is 461. The molecule has 0 fully saturated rings. The van der Waals surface area contributed by atoms with Gasteiger partial charge in [0.25, 0.3) is 0 Å². The number of aryl methyl sites for hydroxylation is 1. The van der Waals surface area contributed by atoms with Gasteiger partial charge in [-0.2, -0.15) is 0 Å². The zero-order valence-electron chi connectivity index (χ0n) is 9.15. The van der Waals surface area contributed by atoms with Crippen molar-refractivity contribution in [2.45, 2.75) is 25.4 Å². The van der Waals surface area contributed by atoms with Gasteiger partial charge < -0.3 is 5.32 Å². The lowest BCUT2D eigenvalue weighted by Gasteiger charge is -2.10. The third-order valence-corrected chi connectivity index (χ3v) is 4.17. The topological polar surface area (TPSA) is 12.0 Å². The SMILES string of the molecule is c1csc(CCC2NCc3ccccc32)c1. The van der Waals surface area contributed by atoms with Gasteiger partial charge in [0.1, 0.15) is 0 Å². The third-order valence-electron chi connectivity index (χ3n) is 3.23. The number of fused-ring (bicyclic) bond motifs is 1. The van der Waals surface area contributed by atoms with Gasteiger partial charge >= 0.3 is 0 Å². The number of benzene rings is 1. The largest absolute Gasteiger partial charge is 0.306 e. The average molecular weight is 229 g/mol. The molecule has 1 atom stereocenters. The van der Waals surface area contributed by atoms with Crippen LogP contribution in [-0.2, 0) is 13.0 Å². The van der Waals surface area contributed by atoms with E-state index in [9.17, 15) is 0 Å². The van der Waals surface area contributed by atoms with Crippen molar-refractivity contribution in [1.82, 2.24) is 5.32 Å². The molecule has 3 rings (SSSR count). The van der Waals surface area contributed by atoms with Gasteiger partial charge in [0, 0.05) is 17.5 Å². The smallest absolute Gasteiger partial charge is 0.0329 e. The van der Waals surface area contributed by atoms with Crippen molar-refractivity contribution in [1.29, 1.82) is 0 Å². The van der Waals surface area contributed by atoms with Crippen LogP contribution in [0.4, 0.5) is 0 Å². The van der Waals surface area contributed by atoms with Gasteiger partial charge in [-0.25, -0.2) is 0 Å². The second-order valence-corrected chi connectivity index (χ2v) is 5.28. The van der Waals surface area contributed by atoms with E-state index >= 15 is 0 Å². The van der Waals surface area contributed by atoms with Crippen molar-refractivity contribution in [2.75, 3.05) is 0 Å². The molecule has 2 heteroatoms. The first-order chi connectivity index (χ1) is 7.93. The van der Waals surface area contributed by atoms with E-state index < -0.39 is 0 Å². The summed E-state index contributed by atoms with van der Waals surface area (Å²) in [6, 6.07) is 13.7. The molecule has 2 aromatic rings. The van der Waals surface area contributed by atoms with E-state index in [2.05, 4.69) is 47.1 Å². The van der Waals surface area contributed by atoms with Gasteiger partial charge in [-0.05, 0) is 35.4 Å². The van der Waals surface area contributed by atoms with Crippen LogP contribution in [0, 0.1) is 0 Å². The molecule has 0 spiro atoms. The van der Waals surface area contributed by atoms with Gasteiger partial charge in [0.15, 0.2) is 0 Å². The minimum Gasteiger partial charge on any atom is -0.306 e. The molecule has 1 nitrogen and oxygen atoms in total. The molecule has 1 aromatic heterocycles. The molecule has 1 unspecified atom stereocenters. The van der Waals surface area contributed by atoms with Gasteiger partial charge in [0.2, 0.25) is 0 Å². The molecule has 82 valence electrons. The Balaban J connectivity index is 1.69. The first-order valence-corrected chi connectivity index (χ1v) is 6.65. The molecule has 1 aromatic carbocycles. The fraction of sp³-hybridized carbons (Fsp3) is 0.286. The summed E-state index contributed by atoms with van der Waals surface area (Å²) in [6.45, 7) is 1.03. The lowest BCUT2D eigenvalue weighted by atomic mass is 10.0. The summed E-state index contributed by atoms with van der Waals surface area (Å²) < 4.78 is 0. The highest BCUT2D eigenvalue weighted by Gasteiger charge is 2.20. The molecule has 0 saturated heterocycles. The van der Waals surface area contributed by atoms with E-state index in [0.29, 0.717) is 6.04 Å². The van der Waals surface area contributed by atoms with Crippen LogP contribution in [0.5, 0.6) is 0 Å². The summed E-state index contributed by atoms with van der Waals surface area (Å²) in [7, 11) is 0. The lowest BCUT2D eigenvalue weighted by molar-refractivity contribution is 0.544. The number of thiophene rings is 1. The number of hydrogen-bond donors (Lipinski definition) is 1. The van der Waals surface area contributed by atoms with Gasteiger partial charge in [0.05, 0.1) is 0 Å². The van der Waals surface area contributed by atoms with Crippen LogP contribution in [0.3, 0.4) is 0 Å². The maximum absolute atomic E-state index is 3.59. The fourth-order valence-corrected chi connectivity index (χ4v) is 3.10. The van der Waals surface area contributed by atoms with E-state index in [1.165, 1.54) is 28.8 Å². The van der Waals surface area contributed by atoms with Gasteiger partial charge in [-0.15, -0.1) is 11.3 Å². The Morgan fingerprint density at radius 2 is 2.12 bits per heavy atom. The summed E-state index contributed by atoms with van der Waals surface area (Å²) >= 11 is 1.86. The van der Waals surface area contributed by atoms with Crippen LogP contribution < -0.4 is 5.32 Å². The molecular weight excluding hydrogens is 214 g/mol. The second kappa shape index (κ2) is 4.40. The van der Waals surface area contributed by atoms with E-state index in [1.54, 1.807) is 0 Å². The third kappa shape index (κ3) is 1.91. The maximum atomic E-state index is 3.59. The highest BCUT2D eigenvalue weighted by Crippen LogP contribution is 2.28. The summed E-state index contributed by atoms with van der Waals surface area (Å²) in [4.78, 5) is 1.49. The molecule has 0 radical (unpaired) electrons.